The van der Waals surface area contributed by atoms with Crippen molar-refractivity contribution >= 4 is 55.6 Å². The van der Waals surface area contributed by atoms with E-state index in [0.717, 1.165) is 21.3 Å². The third-order valence-electron chi connectivity index (χ3n) is 5.04. The van der Waals surface area contributed by atoms with Gasteiger partial charge in [-0.3, -0.25) is 0 Å². The van der Waals surface area contributed by atoms with Crippen LogP contribution in [0.5, 0.6) is 11.5 Å². The van der Waals surface area contributed by atoms with E-state index < -0.39 is 0 Å². The highest BCUT2D eigenvalue weighted by Gasteiger charge is 2.14. The molecule has 4 rings (SSSR count). The van der Waals surface area contributed by atoms with Crippen molar-refractivity contribution in [2.24, 2.45) is 0 Å². The second-order valence-corrected chi connectivity index (χ2v) is 8.92. The van der Waals surface area contributed by atoms with E-state index in [0.29, 0.717) is 41.3 Å². The SMILES string of the molecule is CCOc1cc(CNc2ccc(Cl)c(Cl)c2)cc(Br)c1OCc1cccc2ccccc12. The predicted octanol–water partition coefficient (Wildman–Crippen LogP) is 8.50. The lowest BCUT2D eigenvalue weighted by atomic mass is 10.1. The molecule has 0 heterocycles. The summed E-state index contributed by atoms with van der Waals surface area (Å²) in [5, 5.41) is 6.80. The average Bonchev–Trinajstić information content (AvgIpc) is 2.79. The summed E-state index contributed by atoms with van der Waals surface area (Å²) in [5.74, 6) is 1.39. The van der Waals surface area contributed by atoms with Crippen molar-refractivity contribution in [2.75, 3.05) is 11.9 Å². The van der Waals surface area contributed by atoms with E-state index in [4.69, 9.17) is 32.7 Å². The molecule has 0 radical (unpaired) electrons. The number of hydrogen-bond acceptors (Lipinski definition) is 3. The van der Waals surface area contributed by atoms with E-state index in [1.165, 1.54) is 10.8 Å². The lowest BCUT2D eigenvalue weighted by Gasteiger charge is -2.17. The van der Waals surface area contributed by atoms with Crippen LogP contribution in [0.2, 0.25) is 10.0 Å². The first-order valence-corrected chi connectivity index (χ1v) is 11.8. The first-order chi connectivity index (χ1) is 15.5. The maximum absolute atomic E-state index is 6.24. The Kier molecular flexibility index (Phi) is 7.46. The fraction of sp³-hybridized carbons (Fsp3) is 0.154. The standard InChI is InChI=1S/C26H22BrCl2NO2/c1-2-31-25-13-17(15-30-20-10-11-23(28)24(29)14-20)12-22(27)26(25)32-16-19-8-5-7-18-6-3-4-9-21(18)19/h3-14,30H,2,15-16H2,1H3. The fourth-order valence-corrected chi connectivity index (χ4v) is 4.41. The highest BCUT2D eigenvalue weighted by atomic mass is 79.9. The fourth-order valence-electron chi connectivity index (χ4n) is 3.50. The normalized spacial score (nSPS) is 10.9. The largest absolute Gasteiger partial charge is 0.490 e. The molecule has 0 fully saturated rings. The van der Waals surface area contributed by atoms with Gasteiger partial charge in [0.05, 0.1) is 21.1 Å². The molecule has 0 bridgehead atoms. The van der Waals surface area contributed by atoms with Crippen LogP contribution in [0, 0.1) is 0 Å². The van der Waals surface area contributed by atoms with Crippen molar-refractivity contribution in [3.05, 3.63) is 98.4 Å². The number of nitrogens with one attached hydrogen (secondary N) is 1. The van der Waals surface area contributed by atoms with Gasteiger partial charge in [0, 0.05) is 12.2 Å². The Hall–Kier alpha value is -2.40. The summed E-state index contributed by atoms with van der Waals surface area (Å²) in [4.78, 5) is 0. The second-order valence-electron chi connectivity index (χ2n) is 7.25. The van der Waals surface area contributed by atoms with E-state index in [2.05, 4.69) is 51.6 Å². The molecule has 0 aliphatic rings. The number of ether oxygens (including phenoxy) is 2. The summed E-state index contributed by atoms with van der Waals surface area (Å²) in [6, 6.07) is 24.1. The molecule has 0 atom stereocenters. The molecule has 3 nitrogen and oxygen atoms in total. The Bertz CT molecular complexity index is 1240. The van der Waals surface area contributed by atoms with Crippen molar-refractivity contribution in [1.29, 1.82) is 0 Å². The van der Waals surface area contributed by atoms with E-state index >= 15 is 0 Å². The van der Waals surface area contributed by atoms with Crippen molar-refractivity contribution < 1.29 is 9.47 Å². The molecule has 164 valence electrons. The van der Waals surface area contributed by atoms with Crippen LogP contribution < -0.4 is 14.8 Å². The zero-order valence-electron chi connectivity index (χ0n) is 17.5. The molecular formula is C26H22BrCl2NO2. The van der Waals surface area contributed by atoms with Crippen LogP contribution in [-0.2, 0) is 13.2 Å². The Morgan fingerprint density at radius 3 is 2.50 bits per heavy atom. The molecule has 6 heteroatoms. The molecule has 0 aliphatic heterocycles. The summed E-state index contributed by atoms with van der Waals surface area (Å²) in [6.45, 7) is 3.55. The minimum absolute atomic E-state index is 0.445. The van der Waals surface area contributed by atoms with Gasteiger partial charge in [-0.05, 0) is 75.1 Å². The van der Waals surface area contributed by atoms with Gasteiger partial charge in [0.2, 0.25) is 0 Å². The zero-order chi connectivity index (χ0) is 22.5. The quantitative estimate of drug-likeness (QED) is 0.247. The Balaban J connectivity index is 1.53. The van der Waals surface area contributed by atoms with Gasteiger partial charge in [0.15, 0.2) is 11.5 Å². The highest BCUT2D eigenvalue weighted by molar-refractivity contribution is 9.10. The average molecular weight is 531 g/mol. The molecule has 4 aromatic carbocycles. The topological polar surface area (TPSA) is 30.5 Å². The summed E-state index contributed by atoms with van der Waals surface area (Å²) < 4.78 is 13.0. The van der Waals surface area contributed by atoms with Crippen LogP contribution in [0.25, 0.3) is 10.8 Å². The van der Waals surface area contributed by atoms with Crippen molar-refractivity contribution in [2.45, 2.75) is 20.1 Å². The first-order valence-electron chi connectivity index (χ1n) is 10.3. The molecule has 0 amide bonds. The number of halogens is 3. The zero-order valence-corrected chi connectivity index (χ0v) is 20.6. The summed E-state index contributed by atoms with van der Waals surface area (Å²) in [6.07, 6.45) is 0. The van der Waals surface area contributed by atoms with Crippen molar-refractivity contribution in [3.8, 4) is 11.5 Å². The Morgan fingerprint density at radius 2 is 1.69 bits per heavy atom. The monoisotopic (exact) mass is 529 g/mol. The number of fused-ring (bicyclic) bond motifs is 1. The lowest BCUT2D eigenvalue weighted by Crippen LogP contribution is -2.04. The van der Waals surface area contributed by atoms with E-state index in [1.54, 1.807) is 6.07 Å². The van der Waals surface area contributed by atoms with Crippen LogP contribution in [-0.4, -0.2) is 6.61 Å². The van der Waals surface area contributed by atoms with Crippen molar-refractivity contribution in [1.82, 2.24) is 0 Å². The van der Waals surface area contributed by atoms with Gasteiger partial charge in [-0.1, -0.05) is 65.7 Å². The molecule has 0 saturated heterocycles. The number of rotatable bonds is 8. The van der Waals surface area contributed by atoms with Gasteiger partial charge in [-0.2, -0.15) is 0 Å². The van der Waals surface area contributed by atoms with Crippen LogP contribution in [0.3, 0.4) is 0 Å². The summed E-state index contributed by atoms with van der Waals surface area (Å²) in [7, 11) is 0. The van der Waals surface area contributed by atoms with Crippen LogP contribution in [0.1, 0.15) is 18.1 Å². The van der Waals surface area contributed by atoms with Gasteiger partial charge in [-0.25, -0.2) is 0 Å². The minimum atomic E-state index is 0.445. The van der Waals surface area contributed by atoms with Crippen LogP contribution >= 0.6 is 39.1 Å². The molecular weight excluding hydrogens is 509 g/mol. The van der Waals surface area contributed by atoms with E-state index in [1.807, 2.05) is 43.3 Å². The summed E-state index contributed by atoms with van der Waals surface area (Å²) in [5.41, 5.74) is 3.07. The smallest absolute Gasteiger partial charge is 0.175 e. The number of hydrogen-bond donors (Lipinski definition) is 1. The Morgan fingerprint density at radius 1 is 0.875 bits per heavy atom. The van der Waals surface area contributed by atoms with Crippen molar-refractivity contribution in [3.63, 3.8) is 0 Å². The molecule has 1 N–H and O–H groups in total. The van der Waals surface area contributed by atoms with Gasteiger partial charge < -0.3 is 14.8 Å². The molecule has 0 aromatic heterocycles. The van der Waals surface area contributed by atoms with Gasteiger partial charge in [-0.15, -0.1) is 0 Å². The molecule has 0 aliphatic carbocycles. The minimum Gasteiger partial charge on any atom is -0.490 e. The van der Waals surface area contributed by atoms with Crippen LogP contribution in [0.15, 0.2) is 77.3 Å². The molecule has 0 saturated carbocycles. The van der Waals surface area contributed by atoms with Crippen LogP contribution in [0.4, 0.5) is 5.69 Å². The molecule has 4 aromatic rings. The summed E-state index contributed by atoms with van der Waals surface area (Å²) >= 11 is 15.8. The number of benzene rings is 4. The van der Waals surface area contributed by atoms with Gasteiger partial charge >= 0.3 is 0 Å². The molecule has 0 unspecified atom stereocenters. The third kappa shape index (κ3) is 5.32. The number of anilines is 1. The molecule has 0 spiro atoms. The Labute approximate surface area is 206 Å². The maximum Gasteiger partial charge on any atom is 0.175 e. The van der Waals surface area contributed by atoms with E-state index in [9.17, 15) is 0 Å². The second kappa shape index (κ2) is 10.5. The first kappa shape index (κ1) is 22.8. The highest BCUT2D eigenvalue weighted by Crippen LogP contribution is 2.38. The van der Waals surface area contributed by atoms with E-state index in [-0.39, 0.29) is 0 Å². The van der Waals surface area contributed by atoms with Gasteiger partial charge in [0.25, 0.3) is 0 Å². The third-order valence-corrected chi connectivity index (χ3v) is 6.37. The van der Waals surface area contributed by atoms with Gasteiger partial charge in [0.1, 0.15) is 6.61 Å². The maximum atomic E-state index is 6.24. The predicted molar refractivity (Wildman–Crippen MR) is 137 cm³/mol. The lowest BCUT2D eigenvalue weighted by molar-refractivity contribution is 0.268. The molecule has 32 heavy (non-hydrogen) atoms.